The molecule has 0 radical (unpaired) electrons. The number of aryl methyl sites for hydroxylation is 1. The Hall–Kier alpha value is -1.55. The van der Waals surface area contributed by atoms with E-state index in [0.717, 1.165) is 23.4 Å². The maximum atomic E-state index is 11.7. The van der Waals surface area contributed by atoms with Crippen LogP contribution in [0.1, 0.15) is 39.4 Å². The zero-order valence-electron chi connectivity index (χ0n) is 12.7. The molecule has 0 unspecified atom stereocenters. The highest BCUT2D eigenvalue weighted by Crippen LogP contribution is 2.32. The van der Waals surface area contributed by atoms with Crippen molar-refractivity contribution in [1.82, 2.24) is 9.55 Å². The van der Waals surface area contributed by atoms with E-state index in [1.807, 2.05) is 39.0 Å². The normalized spacial score (nSPS) is 12.0. The summed E-state index contributed by atoms with van der Waals surface area (Å²) in [5.74, 6) is 0.0705. The van der Waals surface area contributed by atoms with Crippen molar-refractivity contribution < 1.29 is 9.90 Å². The summed E-state index contributed by atoms with van der Waals surface area (Å²) in [6, 6.07) is 5.58. The average molecular weight is 309 g/mol. The van der Waals surface area contributed by atoms with Crippen LogP contribution in [0.3, 0.4) is 0 Å². The van der Waals surface area contributed by atoms with Crippen LogP contribution in [-0.2, 0) is 17.8 Å². The van der Waals surface area contributed by atoms with Gasteiger partial charge in [-0.1, -0.05) is 25.4 Å². The predicted octanol–water partition coefficient (Wildman–Crippen LogP) is 4.14. The van der Waals surface area contributed by atoms with Crippen molar-refractivity contribution in [3.05, 3.63) is 29.0 Å². The number of imidazole rings is 1. The number of hydrogen-bond acceptors (Lipinski definition) is 2. The van der Waals surface area contributed by atoms with E-state index in [4.69, 9.17) is 11.6 Å². The number of carbonyl (C=O) groups is 1. The molecule has 1 heterocycles. The molecule has 21 heavy (non-hydrogen) atoms. The first-order valence-electron chi connectivity index (χ1n) is 7.35. The number of carboxylic acids is 1. The van der Waals surface area contributed by atoms with Crippen LogP contribution in [0.2, 0.25) is 5.02 Å². The molecule has 2 aromatic rings. The number of rotatable bonds is 6. The molecule has 1 aromatic heterocycles. The van der Waals surface area contributed by atoms with Gasteiger partial charge in [0.2, 0.25) is 0 Å². The smallest absolute Gasteiger partial charge is 0.310 e. The highest BCUT2D eigenvalue weighted by molar-refractivity contribution is 6.31. The van der Waals surface area contributed by atoms with E-state index < -0.39 is 11.4 Å². The highest BCUT2D eigenvalue weighted by Gasteiger charge is 2.36. The number of fused-ring (bicyclic) bond motifs is 1. The lowest BCUT2D eigenvalue weighted by Crippen LogP contribution is -2.33. The summed E-state index contributed by atoms with van der Waals surface area (Å²) >= 11 is 6.06. The van der Waals surface area contributed by atoms with Crippen LogP contribution in [0, 0.1) is 5.41 Å². The summed E-state index contributed by atoms with van der Waals surface area (Å²) in [5, 5.41) is 10.3. The van der Waals surface area contributed by atoms with Gasteiger partial charge < -0.3 is 9.67 Å². The zero-order valence-corrected chi connectivity index (χ0v) is 13.4. The lowest BCUT2D eigenvalue weighted by Gasteiger charge is -2.26. The number of nitrogens with zero attached hydrogens (tertiary/aromatic N) is 2. The minimum atomic E-state index is -0.752. The molecule has 2 rings (SSSR count). The van der Waals surface area contributed by atoms with Crippen LogP contribution in [-0.4, -0.2) is 20.6 Å². The number of carboxylic acid groups (broad SMARTS) is 1. The fourth-order valence-corrected chi connectivity index (χ4v) is 2.98. The second-order valence-corrected chi connectivity index (χ2v) is 5.81. The Labute approximate surface area is 129 Å². The van der Waals surface area contributed by atoms with E-state index in [1.165, 1.54) is 0 Å². The van der Waals surface area contributed by atoms with Crippen LogP contribution in [0.25, 0.3) is 11.0 Å². The van der Waals surface area contributed by atoms with Crippen molar-refractivity contribution in [1.29, 1.82) is 0 Å². The average Bonchev–Trinajstić information content (AvgIpc) is 2.80. The third-order valence-electron chi connectivity index (χ3n) is 4.41. The zero-order chi connectivity index (χ0) is 15.6. The lowest BCUT2D eigenvalue weighted by atomic mass is 9.79. The Balaban J connectivity index is 2.53. The van der Waals surface area contributed by atoms with E-state index in [1.54, 1.807) is 0 Å². The molecule has 0 fully saturated rings. The molecule has 5 heteroatoms. The largest absolute Gasteiger partial charge is 0.481 e. The van der Waals surface area contributed by atoms with E-state index in [9.17, 15) is 9.90 Å². The SMILES string of the molecule is CCn1c(CC(CC)(CC)C(=O)O)nc2ccc(Cl)cc21. The van der Waals surface area contributed by atoms with Gasteiger partial charge in [0.15, 0.2) is 0 Å². The molecule has 0 aliphatic heterocycles. The third kappa shape index (κ3) is 2.77. The molecule has 1 aromatic carbocycles. The fraction of sp³-hybridized carbons (Fsp3) is 0.500. The molecular formula is C16H21ClN2O2. The maximum absolute atomic E-state index is 11.7. The van der Waals surface area contributed by atoms with E-state index in [-0.39, 0.29) is 0 Å². The molecule has 0 amide bonds. The van der Waals surface area contributed by atoms with Gasteiger partial charge in [0.05, 0.1) is 16.4 Å². The van der Waals surface area contributed by atoms with Gasteiger partial charge in [-0.3, -0.25) is 4.79 Å². The summed E-state index contributed by atoms with van der Waals surface area (Å²) in [5.41, 5.74) is 1.08. The Kier molecular flexibility index (Phi) is 4.57. The van der Waals surface area contributed by atoms with Crippen molar-refractivity contribution in [2.75, 3.05) is 0 Å². The van der Waals surface area contributed by atoms with Crippen molar-refractivity contribution >= 4 is 28.6 Å². The second kappa shape index (κ2) is 6.06. The monoisotopic (exact) mass is 308 g/mol. The standard InChI is InChI=1S/C16H21ClN2O2/c1-4-16(5-2,15(20)21)10-14-18-12-8-7-11(17)9-13(12)19(14)6-3/h7-9H,4-6,10H2,1-3H3,(H,20,21). The fourth-order valence-electron chi connectivity index (χ4n) is 2.81. The van der Waals surface area contributed by atoms with Gasteiger partial charge in [0.25, 0.3) is 0 Å². The van der Waals surface area contributed by atoms with E-state index in [2.05, 4.69) is 9.55 Å². The van der Waals surface area contributed by atoms with Gasteiger partial charge in [0.1, 0.15) is 5.82 Å². The van der Waals surface area contributed by atoms with E-state index in [0.29, 0.717) is 24.3 Å². The molecule has 0 atom stereocenters. The molecule has 0 aliphatic carbocycles. The first-order valence-corrected chi connectivity index (χ1v) is 7.73. The van der Waals surface area contributed by atoms with Crippen LogP contribution in [0.15, 0.2) is 18.2 Å². The first-order chi connectivity index (χ1) is 9.97. The van der Waals surface area contributed by atoms with Gasteiger partial charge >= 0.3 is 5.97 Å². The Morgan fingerprint density at radius 2 is 2.00 bits per heavy atom. The Morgan fingerprint density at radius 3 is 2.52 bits per heavy atom. The quantitative estimate of drug-likeness (QED) is 0.872. The third-order valence-corrected chi connectivity index (χ3v) is 4.64. The molecule has 0 bridgehead atoms. The van der Waals surface area contributed by atoms with Gasteiger partial charge in [0, 0.05) is 18.0 Å². The summed E-state index contributed by atoms with van der Waals surface area (Å²) in [7, 11) is 0. The molecule has 4 nitrogen and oxygen atoms in total. The van der Waals surface area contributed by atoms with Crippen molar-refractivity contribution in [2.24, 2.45) is 5.41 Å². The predicted molar refractivity (Wildman–Crippen MR) is 84.8 cm³/mol. The number of aromatic nitrogens is 2. The van der Waals surface area contributed by atoms with Gasteiger partial charge in [-0.05, 0) is 38.0 Å². The number of benzene rings is 1. The summed E-state index contributed by atoms with van der Waals surface area (Å²) in [6.07, 6.45) is 1.62. The number of hydrogen-bond donors (Lipinski definition) is 1. The summed E-state index contributed by atoms with van der Waals surface area (Å²) in [6.45, 7) is 6.63. The minimum Gasteiger partial charge on any atom is -0.481 e. The lowest BCUT2D eigenvalue weighted by molar-refractivity contribution is -0.149. The molecule has 0 spiro atoms. The van der Waals surface area contributed by atoms with Gasteiger partial charge in [-0.25, -0.2) is 4.98 Å². The number of aliphatic carboxylic acids is 1. The van der Waals surface area contributed by atoms with Crippen molar-refractivity contribution in [3.63, 3.8) is 0 Å². The highest BCUT2D eigenvalue weighted by atomic mass is 35.5. The Morgan fingerprint density at radius 1 is 1.33 bits per heavy atom. The summed E-state index contributed by atoms with van der Waals surface area (Å²) in [4.78, 5) is 16.3. The van der Waals surface area contributed by atoms with Crippen molar-refractivity contribution in [2.45, 2.75) is 46.6 Å². The number of halogens is 1. The molecule has 0 saturated carbocycles. The van der Waals surface area contributed by atoms with E-state index >= 15 is 0 Å². The Bertz CT molecular complexity index is 660. The first kappa shape index (κ1) is 15.8. The van der Waals surface area contributed by atoms with Crippen LogP contribution in [0.4, 0.5) is 0 Å². The van der Waals surface area contributed by atoms with Crippen LogP contribution < -0.4 is 0 Å². The maximum Gasteiger partial charge on any atom is 0.310 e. The molecule has 0 aliphatic rings. The molecule has 114 valence electrons. The summed E-state index contributed by atoms with van der Waals surface area (Å²) < 4.78 is 2.06. The van der Waals surface area contributed by atoms with Crippen molar-refractivity contribution in [3.8, 4) is 0 Å². The topological polar surface area (TPSA) is 55.1 Å². The molecule has 1 N–H and O–H groups in total. The second-order valence-electron chi connectivity index (χ2n) is 5.37. The minimum absolute atomic E-state index is 0.440. The van der Waals surface area contributed by atoms with Gasteiger partial charge in [-0.15, -0.1) is 0 Å². The molecular weight excluding hydrogens is 288 g/mol. The van der Waals surface area contributed by atoms with Crippen LogP contribution >= 0.6 is 11.6 Å². The van der Waals surface area contributed by atoms with Gasteiger partial charge in [-0.2, -0.15) is 0 Å². The van der Waals surface area contributed by atoms with Crippen LogP contribution in [0.5, 0.6) is 0 Å². The molecule has 0 saturated heterocycles.